The van der Waals surface area contributed by atoms with Crippen LogP contribution in [-0.2, 0) is 10.0 Å². The summed E-state index contributed by atoms with van der Waals surface area (Å²) >= 11 is 0. The number of nitrogens with zero attached hydrogens (tertiary/aromatic N) is 1. The minimum atomic E-state index is -3.51. The summed E-state index contributed by atoms with van der Waals surface area (Å²) in [5.74, 6) is 0.719. The topological polar surface area (TPSA) is 66.5 Å². The number of sulfonamides is 1. The van der Waals surface area contributed by atoms with Crippen LogP contribution in [0, 0.1) is 5.92 Å². The molecule has 0 radical (unpaired) electrons. The molecule has 0 atom stereocenters. The Balaban J connectivity index is 0.00000208. The maximum atomic E-state index is 12.7. The average molecular weight is 373 g/mol. The molecular weight excluding hydrogens is 348 g/mol. The highest BCUT2D eigenvalue weighted by atomic mass is 35.5. The number of hydrogen-bond acceptors (Lipinski definition) is 4. The van der Waals surface area contributed by atoms with Crippen LogP contribution in [0.3, 0.4) is 0 Å². The number of rotatable bonds is 6. The van der Waals surface area contributed by atoms with E-state index in [1.165, 1.54) is 25.8 Å². The van der Waals surface area contributed by atoms with Crippen molar-refractivity contribution in [1.82, 2.24) is 9.62 Å². The largest absolute Gasteiger partial charge is 0.314 e. The lowest BCUT2D eigenvalue weighted by Gasteiger charge is -2.31. The van der Waals surface area contributed by atoms with Crippen molar-refractivity contribution >= 4 is 28.2 Å². The van der Waals surface area contributed by atoms with Crippen LogP contribution in [0.1, 0.15) is 43.0 Å². The summed E-state index contributed by atoms with van der Waals surface area (Å²) < 4.78 is 27.0. The van der Waals surface area contributed by atoms with Crippen LogP contribution < -0.4 is 5.32 Å². The lowest BCUT2D eigenvalue weighted by molar-refractivity contribution is 0.101. The van der Waals surface area contributed by atoms with E-state index in [1.807, 2.05) is 0 Å². The fourth-order valence-electron chi connectivity index (χ4n) is 2.98. The average Bonchev–Trinajstić information content (AvgIpc) is 3.38. The number of carbonyl (C=O) groups is 1. The number of nitrogens with one attached hydrogen (secondary N) is 1. The fourth-order valence-corrected chi connectivity index (χ4v) is 4.50. The second-order valence-electron chi connectivity index (χ2n) is 6.61. The molecule has 0 amide bonds. The van der Waals surface area contributed by atoms with E-state index < -0.39 is 10.0 Å². The number of piperidine rings is 1. The van der Waals surface area contributed by atoms with Gasteiger partial charge in [-0.2, -0.15) is 4.31 Å². The second kappa shape index (κ2) is 7.95. The summed E-state index contributed by atoms with van der Waals surface area (Å²) in [7, 11) is -3.51. The Kier molecular flexibility index (Phi) is 6.42. The summed E-state index contributed by atoms with van der Waals surface area (Å²) in [5.41, 5.74) is 0.437. The third-order valence-electron chi connectivity index (χ3n) is 4.72. The third kappa shape index (κ3) is 4.57. The molecule has 1 aromatic rings. The molecule has 1 aromatic carbocycles. The van der Waals surface area contributed by atoms with Gasteiger partial charge in [-0.1, -0.05) is 12.1 Å². The van der Waals surface area contributed by atoms with Gasteiger partial charge < -0.3 is 5.32 Å². The highest BCUT2D eigenvalue weighted by molar-refractivity contribution is 7.89. The predicted octanol–water partition coefficient (Wildman–Crippen LogP) is 2.46. The molecule has 1 aliphatic heterocycles. The van der Waals surface area contributed by atoms with Gasteiger partial charge in [-0.15, -0.1) is 12.4 Å². The molecule has 1 N–H and O–H groups in total. The first-order valence-electron chi connectivity index (χ1n) is 8.31. The van der Waals surface area contributed by atoms with Gasteiger partial charge in [0.05, 0.1) is 4.90 Å². The van der Waals surface area contributed by atoms with Crippen molar-refractivity contribution < 1.29 is 13.2 Å². The lowest BCUT2D eigenvalue weighted by Crippen LogP contribution is -2.45. The summed E-state index contributed by atoms with van der Waals surface area (Å²) in [4.78, 5) is 11.7. The molecule has 0 unspecified atom stereocenters. The van der Waals surface area contributed by atoms with Crippen molar-refractivity contribution in [1.29, 1.82) is 0 Å². The molecule has 0 bridgehead atoms. The van der Waals surface area contributed by atoms with E-state index in [0.29, 0.717) is 24.7 Å². The van der Waals surface area contributed by atoms with Gasteiger partial charge in [0, 0.05) is 24.7 Å². The second-order valence-corrected chi connectivity index (χ2v) is 8.55. The van der Waals surface area contributed by atoms with E-state index in [-0.39, 0.29) is 23.1 Å². The lowest BCUT2D eigenvalue weighted by atomic mass is 10.1. The molecule has 7 heteroatoms. The zero-order chi connectivity index (χ0) is 16.4. The van der Waals surface area contributed by atoms with Crippen molar-refractivity contribution in [3.05, 3.63) is 29.8 Å². The van der Waals surface area contributed by atoms with E-state index >= 15 is 0 Å². The van der Waals surface area contributed by atoms with Crippen molar-refractivity contribution in [3.8, 4) is 0 Å². The van der Waals surface area contributed by atoms with E-state index in [0.717, 1.165) is 25.3 Å². The standard InChI is InChI=1S/C17H24N2O3S.ClH/c1-13(20)15-3-2-4-17(11-15)23(21,22)19-9-7-16(8-10-19)18-12-14-5-6-14;/h2-4,11,14,16,18H,5-10,12H2,1H3;1H. The maximum absolute atomic E-state index is 12.7. The summed E-state index contributed by atoms with van der Waals surface area (Å²) in [6.45, 7) is 3.59. The molecule has 1 aliphatic carbocycles. The zero-order valence-electron chi connectivity index (χ0n) is 13.9. The maximum Gasteiger partial charge on any atom is 0.243 e. The molecule has 0 aromatic heterocycles. The van der Waals surface area contributed by atoms with Gasteiger partial charge in [0.25, 0.3) is 0 Å². The number of benzene rings is 1. The van der Waals surface area contributed by atoms with Crippen LogP contribution in [0.25, 0.3) is 0 Å². The third-order valence-corrected chi connectivity index (χ3v) is 6.62. The van der Waals surface area contributed by atoms with Gasteiger partial charge in [-0.25, -0.2) is 8.42 Å². The summed E-state index contributed by atoms with van der Waals surface area (Å²) in [6, 6.07) is 6.75. The molecule has 2 fully saturated rings. The summed E-state index contributed by atoms with van der Waals surface area (Å²) in [5, 5.41) is 3.55. The molecular formula is C17H25ClN2O3S. The predicted molar refractivity (Wildman–Crippen MR) is 96.2 cm³/mol. The molecule has 2 aliphatic rings. The van der Waals surface area contributed by atoms with Crippen LogP contribution in [-0.4, -0.2) is 44.2 Å². The smallest absolute Gasteiger partial charge is 0.243 e. The van der Waals surface area contributed by atoms with Crippen LogP contribution in [0.5, 0.6) is 0 Å². The van der Waals surface area contributed by atoms with Gasteiger partial charge >= 0.3 is 0 Å². The van der Waals surface area contributed by atoms with Crippen LogP contribution >= 0.6 is 12.4 Å². The quantitative estimate of drug-likeness (QED) is 0.779. The first-order chi connectivity index (χ1) is 11.0. The molecule has 1 heterocycles. The first kappa shape index (κ1) is 19.4. The molecule has 0 spiro atoms. The van der Waals surface area contributed by atoms with Crippen LogP contribution in [0.4, 0.5) is 0 Å². The van der Waals surface area contributed by atoms with Crippen molar-refractivity contribution in [2.75, 3.05) is 19.6 Å². The molecule has 24 heavy (non-hydrogen) atoms. The Bertz CT molecular complexity index is 681. The number of hydrogen-bond donors (Lipinski definition) is 1. The summed E-state index contributed by atoms with van der Waals surface area (Å²) in [6.07, 6.45) is 4.34. The Morgan fingerprint density at radius 2 is 1.88 bits per heavy atom. The Labute approximate surface area is 150 Å². The first-order valence-corrected chi connectivity index (χ1v) is 9.75. The van der Waals surface area contributed by atoms with Crippen LogP contribution in [0.15, 0.2) is 29.2 Å². The van der Waals surface area contributed by atoms with Crippen molar-refractivity contribution in [2.45, 2.75) is 43.5 Å². The minimum Gasteiger partial charge on any atom is -0.314 e. The van der Waals surface area contributed by atoms with Gasteiger partial charge in [0.2, 0.25) is 10.0 Å². The van der Waals surface area contributed by atoms with E-state index in [1.54, 1.807) is 22.5 Å². The highest BCUT2D eigenvalue weighted by Crippen LogP contribution is 2.28. The van der Waals surface area contributed by atoms with Crippen molar-refractivity contribution in [3.63, 3.8) is 0 Å². The highest BCUT2D eigenvalue weighted by Gasteiger charge is 2.30. The van der Waals surface area contributed by atoms with Gasteiger partial charge in [-0.3, -0.25) is 4.79 Å². The normalized spacial score (nSPS) is 19.7. The molecule has 1 saturated heterocycles. The Hall–Kier alpha value is -0.950. The monoisotopic (exact) mass is 372 g/mol. The zero-order valence-corrected chi connectivity index (χ0v) is 15.5. The molecule has 3 rings (SSSR count). The number of ketones is 1. The van der Waals surface area contributed by atoms with Crippen LogP contribution in [0.2, 0.25) is 0 Å². The number of Topliss-reactive ketones (excluding diaryl/α,β-unsaturated/α-hetero) is 1. The fraction of sp³-hybridized carbons (Fsp3) is 0.588. The number of carbonyl (C=O) groups excluding carboxylic acids is 1. The van der Waals surface area contributed by atoms with E-state index in [4.69, 9.17) is 0 Å². The minimum absolute atomic E-state index is 0. The molecule has 5 nitrogen and oxygen atoms in total. The SMILES string of the molecule is CC(=O)c1cccc(S(=O)(=O)N2CCC(NCC3CC3)CC2)c1.Cl. The van der Waals surface area contributed by atoms with E-state index in [9.17, 15) is 13.2 Å². The molecule has 134 valence electrons. The van der Waals surface area contributed by atoms with Gasteiger partial charge in [0.1, 0.15) is 0 Å². The van der Waals surface area contributed by atoms with Crippen molar-refractivity contribution in [2.24, 2.45) is 5.92 Å². The van der Waals surface area contributed by atoms with E-state index in [2.05, 4.69) is 5.32 Å². The van der Waals surface area contributed by atoms with Gasteiger partial charge in [0.15, 0.2) is 5.78 Å². The molecule has 1 saturated carbocycles. The Morgan fingerprint density at radius 3 is 2.46 bits per heavy atom. The Morgan fingerprint density at radius 1 is 1.21 bits per heavy atom. The number of halogens is 1. The van der Waals surface area contributed by atoms with Gasteiger partial charge in [-0.05, 0) is 57.2 Å².